The number of furan rings is 1. The molecule has 0 aliphatic heterocycles. The molecule has 1 heterocycles. The molecule has 0 aliphatic carbocycles. The summed E-state index contributed by atoms with van der Waals surface area (Å²) >= 11 is 0. The van der Waals surface area contributed by atoms with Gasteiger partial charge in [-0.3, -0.25) is 4.79 Å². The summed E-state index contributed by atoms with van der Waals surface area (Å²) in [7, 11) is 2.89. The molecule has 0 radical (unpaired) electrons. The average Bonchev–Trinajstić information content (AvgIpc) is 3.01. The summed E-state index contributed by atoms with van der Waals surface area (Å²) in [6.07, 6.45) is 1.13. The van der Waals surface area contributed by atoms with Gasteiger partial charge in [0.05, 0.1) is 19.9 Å². The van der Waals surface area contributed by atoms with Crippen molar-refractivity contribution in [3.05, 3.63) is 53.7 Å². The van der Waals surface area contributed by atoms with Crippen LogP contribution in [0.2, 0.25) is 0 Å². The van der Waals surface area contributed by atoms with E-state index in [0.29, 0.717) is 5.76 Å². The van der Waals surface area contributed by atoms with Crippen LogP contribution >= 0.6 is 0 Å². The highest BCUT2D eigenvalue weighted by atomic mass is 19.1. The number of benzene rings is 1. The van der Waals surface area contributed by atoms with Gasteiger partial charge in [-0.1, -0.05) is 0 Å². The fourth-order valence-electron chi connectivity index (χ4n) is 1.87. The van der Waals surface area contributed by atoms with Crippen molar-refractivity contribution in [1.29, 1.82) is 0 Å². The van der Waals surface area contributed by atoms with Crippen molar-refractivity contribution in [1.82, 2.24) is 5.32 Å². The minimum absolute atomic E-state index is 0.0944. The van der Waals surface area contributed by atoms with Gasteiger partial charge in [0.15, 0.2) is 11.6 Å². The minimum atomic E-state index is -0.584. The maximum Gasteiger partial charge on any atom is 0.251 e. The number of ether oxygens (including phenoxy) is 2. The van der Waals surface area contributed by atoms with E-state index in [1.54, 1.807) is 12.1 Å². The normalized spacial score (nSPS) is 12.0. The number of nitrogens with one attached hydrogen (secondary N) is 1. The Morgan fingerprint density at radius 3 is 2.76 bits per heavy atom. The maximum atomic E-state index is 13.6. The van der Waals surface area contributed by atoms with Crippen molar-refractivity contribution in [3.8, 4) is 5.75 Å². The van der Waals surface area contributed by atoms with Crippen LogP contribution in [-0.4, -0.2) is 26.7 Å². The number of methoxy groups -OCH3 is 2. The van der Waals surface area contributed by atoms with Crippen molar-refractivity contribution < 1.29 is 23.1 Å². The van der Waals surface area contributed by atoms with Crippen LogP contribution in [0.15, 0.2) is 41.0 Å². The smallest absolute Gasteiger partial charge is 0.251 e. The largest absolute Gasteiger partial charge is 0.494 e. The monoisotopic (exact) mass is 293 g/mol. The molecule has 1 unspecified atom stereocenters. The van der Waals surface area contributed by atoms with Gasteiger partial charge in [-0.05, 0) is 30.3 Å². The van der Waals surface area contributed by atoms with E-state index in [1.807, 2.05) is 0 Å². The number of rotatable bonds is 6. The van der Waals surface area contributed by atoms with Crippen LogP contribution in [0, 0.1) is 5.82 Å². The Bertz CT molecular complexity index is 598. The Labute approximate surface area is 121 Å². The lowest BCUT2D eigenvalue weighted by Crippen LogP contribution is -2.29. The summed E-state index contributed by atoms with van der Waals surface area (Å²) in [6.45, 7) is 0.219. The molecular weight excluding hydrogens is 277 g/mol. The van der Waals surface area contributed by atoms with Crippen LogP contribution in [0.5, 0.6) is 5.75 Å². The van der Waals surface area contributed by atoms with E-state index >= 15 is 0 Å². The number of amides is 1. The minimum Gasteiger partial charge on any atom is -0.494 e. The van der Waals surface area contributed by atoms with Crippen molar-refractivity contribution in [3.63, 3.8) is 0 Å². The Kier molecular flexibility index (Phi) is 4.94. The fourth-order valence-corrected chi connectivity index (χ4v) is 1.87. The van der Waals surface area contributed by atoms with Crippen molar-refractivity contribution in [2.75, 3.05) is 20.8 Å². The molecular formula is C15H16FNO4. The average molecular weight is 293 g/mol. The first-order chi connectivity index (χ1) is 10.2. The molecule has 21 heavy (non-hydrogen) atoms. The van der Waals surface area contributed by atoms with Gasteiger partial charge in [0.1, 0.15) is 11.9 Å². The molecule has 0 spiro atoms. The zero-order valence-electron chi connectivity index (χ0n) is 11.8. The number of carbonyl (C=O) groups is 1. The molecule has 1 N–H and O–H groups in total. The van der Waals surface area contributed by atoms with E-state index in [0.717, 1.165) is 6.07 Å². The predicted octanol–water partition coefficient (Wildman–Crippen LogP) is 2.54. The molecule has 5 nitrogen and oxygen atoms in total. The molecule has 0 fully saturated rings. The molecule has 1 aromatic heterocycles. The second-order valence-corrected chi connectivity index (χ2v) is 4.30. The SMILES string of the molecule is COc1ccc(C(=O)NCC(OC)c2ccco2)cc1F. The lowest BCUT2D eigenvalue weighted by molar-refractivity contribution is 0.0738. The molecule has 2 aromatic rings. The van der Waals surface area contributed by atoms with Gasteiger partial charge < -0.3 is 19.2 Å². The van der Waals surface area contributed by atoms with Crippen LogP contribution < -0.4 is 10.1 Å². The third kappa shape index (κ3) is 3.61. The van der Waals surface area contributed by atoms with Gasteiger partial charge in [-0.2, -0.15) is 0 Å². The highest BCUT2D eigenvalue weighted by Crippen LogP contribution is 2.18. The highest BCUT2D eigenvalue weighted by molar-refractivity contribution is 5.94. The fraction of sp³-hybridized carbons (Fsp3) is 0.267. The Hall–Kier alpha value is -2.34. The maximum absolute atomic E-state index is 13.6. The van der Waals surface area contributed by atoms with E-state index in [9.17, 15) is 9.18 Å². The first-order valence-electron chi connectivity index (χ1n) is 6.33. The van der Waals surface area contributed by atoms with Gasteiger partial charge in [0.25, 0.3) is 5.91 Å². The van der Waals surface area contributed by atoms with Gasteiger partial charge in [0, 0.05) is 12.7 Å². The quantitative estimate of drug-likeness (QED) is 0.889. The molecule has 0 aliphatic rings. The standard InChI is InChI=1S/C15H16FNO4/c1-19-12-6-5-10(8-11(12)16)15(18)17-9-14(20-2)13-4-3-7-21-13/h3-8,14H,9H2,1-2H3,(H,17,18). The third-order valence-electron chi connectivity index (χ3n) is 3.01. The van der Waals surface area contributed by atoms with Crippen LogP contribution in [0.4, 0.5) is 4.39 Å². The molecule has 0 saturated heterocycles. The van der Waals surface area contributed by atoms with Gasteiger partial charge in [-0.15, -0.1) is 0 Å². The van der Waals surface area contributed by atoms with Crippen LogP contribution in [0.3, 0.4) is 0 Å². The molecule has 1 atom stereocenters. The molecule has 0 saturated carbocycles. The van der Waals surface area contributed by atoms with Crippen LogP contribution in [0.25, 0.3) is 0 Å². The van der Waals surface area contributed by atoms with E-state index < -0.39 is 17.8 Å². The number of halogens is 1. The summed E-state index contributed by atoms with van der Waals surface area (Å²) in [5, 5.41) is 2.67. The zero-order valence-corrected chi connectivity index (χ0v) is 11.8. The van der Waals surface area contributed by atoms with Crippen LogP contribution in [-0.2, 0) is 4.74 Å². The number of hydrogen-bond acceptors (Lipinski definition) is 4. The second kappa shape index (κ2) is 6.90. The zero-order chi connectivity index (χ0) is 15.2. The van der Waals surface area contributed by atoms with E-state index in [1.165, 1.54) is 32.6 Å². The molecule has 1 amide bonds. The summed E-state index contributed by atoms with van der Waals surface area (Å²) in [5.41, 5.74) is 0.211. The lowest BCUT2D eigenvalue weighted by atomic mass is 10.2. The molecule has 6 heteroatoms. The molecule has 0 bridgehead atoms. The van der Waals surface area contributed by atoms with Crippen molar-refractivity contribution >= 4 is 5.91 Å². The molecule has 1 aromatic carbocycles. The van der Waals surface area contributed by atoms with Gasteiger partial charge in [-0.25, -0.2) is 4.39 Å². The summed E-state index contributed by atoms with van der Waals surface area (Å²) in [6, 6.07) is 7.52. The Balaban J connectivity index is 1.99. The van der Waals surface area contributed by atoms with Crippen LogP contribution in [0.1, 0.15) is 22.2 Å². The first-order valence-corrected chi connectivity index (χ1v) is 6.33. The van der Waals surface area contributed by atoms with Crippen molar-refractivity contribution in [2.45, 2.75) is 6.10 Å². The van der Waals surface area contributed by atoms with E-state index in [2.05, 4.69) is 5.32 Å². The molecule has 2 rings (SSSR count). The summed E-state index contributed by atoms with van der Waals surface area (Å²) < 4.78 is 28.8. The summed E-state index contributed by atoms with van der Waals surface area (Å²) in [4.78, 5) is 12.0. The van der Waals surface area contributed by atoms with Gasteiger partial charge >= 0.3 is 0 Å². The second-order valence-electron chi connectivity index (χ2n) is 4.30. The van der Waals surface area contributed by atoms with Crippen molar-refractivity contribution in [2.24, 2.45) is 0 Å². The lowest BCUT2D eigenvalue weighted by Gasteiger charge is -2.14. The predicted molar refractivity (Wildman–Crippen MR) is 73.7 cm³/mol. The summed E-state index contributed by atoms with van der Waals surface area (Å²) in [5.74, 6) is -0.278. The number of hydrogen-bond donors (Lipinski definition) is 1. The first kappa shape index (κ1) is 15.1. The highest BCUT2D eigenvalue weighted by Gasteiger charge is 2.16. The van der Waals surface area contributed by atoms with E-state index in [4.69, 9.17) is 13.9 Å². The Morgan fingerprint density at radius 2 is 2.19 bits per heavy atom. The topological polar surface area (TPSA) is 60.7 Å². The number of carbonyl (C=O) groups excluding carboxylic acids is 1. The van der Waals surface area contributed by atoms with E-state index in [-0.39, 0.29) is 17.9 Å². The Morgan fingerprint density at radius 1 is 1.38 bits per heavy atom. The van der Waals surface area contributed by atoms with Gasteiger partial charge in [0.2, 0.25) is 0 Å². The molecule has 112 valence electrons. The third-order valence-corrected chi connectivity index (χ3v) is 3.01.